The maximum Gasteiger partial charge on any atom is 0.191 e. The molecule has 4 heteroatoms. The lowest BCUT2D eigenvalue weighted by Gasteiger charge is -2.43. The molecule has 1 saturated carbocycles. The summed E-state index contributed by atoms with van der Waals surface area (Å²) < 4.78 is 2.07. The molecular weight excluding hydrogens is 260 g/mol. The standard InChI is InChI=1S/C17H30N4/c1-14(2)10-17(7-5-8-17)13-20-16(18-3)19-11-15-6-9-21(4)12-15/h6,9,12,14H,5,7-8,10-11,13H2,1-4H3,(H2,18,19,20). The van der Waals surface area contributed by atoms with E-state index in [1.807, 2.05) is 14.1 Å². The highest BCUT2D eigenvalue weighted by molar-refractivity contribution is 5.79. The van der Waals surface area contributed by atoms with Gasteiger partial charge in [0.15, 0.2) is 5.96 Å². The van der Waals surface area contributed by atoms with Crippen molar-refractivity contribution < 1.29 is 0 Å². The number of nitrogens with one attached hydrogen (secondary N) is 2. The van der Waals surface area contributed by atoms with Crippen molar-refractivity contribution in [3.63, 3.8) is 0 Å². The first-order valence-electron chi connectivity index (χ1n) is 8.08. The van der Waals surface area contributed by atoms with Crippen molar-refractivity contribution in [1.29, 1.82) is 0 Å². The molecule has 0 spiro atoms. The fourth-order valence-corrected chi connectivity index (χ4v) is 3.34. The van der Waals surface area contributed by atoms with Gasteiger partial charge in [0.25, 0.3) is 0 Å². The van der Waals surface area contributed by atoms with Gasteiger partial charge in [-0.15, -0.1) is 0 Å². The second kappa shape index (κ2) is 7.01. The zero-order valence-electron chi connectivity index (χ0n) is 13.9. The third kappa shape index (κ3) is 4.51. The minimum absolute atomic E-state index is 0.499. The van der Waals surface area contributed by atoms with Gasteiger partial charge in [-0.05, 0) is 42.2 Å². The molecule has 1 aliphatic rings. The number of hydrogen-bond acceptors (Lipinski definition) is 1. The van der Waals surface area contributed by atoms with Crippen LogP contribution in [0.1, 0.15) is 45.1 Å². The maximum absolute atomic E-state index is 4.34. The Morgan fingerprint density at radius 1 is 1.38 bits per heavy atom. The Bertz CT molecular complexity index is 469. The Hall–Kier alpha value is -1.45. The molecule has 1 aromatic rings. The molecule has 0 saturated heterocycles. The topological polar surface area (TPSA) is 41.4 Å². The first kappa shape index (κ1) is 15.9. The molecule has 1 aromatic heterocycles. The number of aryl methyl sites for hydroxylation is 1. The average molecular weight is 290 g/mol. The van der Waals surface area contributed by atoms with E-state index in [0.717, 1.165) is 25.0 Å². The van der Waals surface area contributed by atoms with Gasteiger partial charge in [-0.1, -0.05) is 20.3 Å². The minimum atomic E-state index is 0.499. The van der Waals surface area contributed by atoms with Crippen LogP contribution in [0.2, 0.25) is 0 Å². The zero-order valence-corrected chi connectivity index (χ0v) is 13.9. The largest absolute Gasteiger partial charge is 0.357 e. The summed E-state index contributed by atoms with van der Waals surface area (Å²) in [6, 6.07) is 2.13. The molecular formula is C17H30N4. The van der Waals surface area contributed by atoms with Crippen molar-refractivity contribution in [3.8, 4) is 0 Å². The van der Waals surface area contributed by atoms with Crippen LogP contribution in [0.5, 0.6) is 0 Å². The second-order valence-corrected chi connectivity index (χ2v) is 6.92. The molecule has 0 bridgehead atoms. The van der Waals surface area contributed by atoms with Crippen molar-refractivity contribution in [2.45, 2.75) is 46.1 Å². The molecule has 1 fully saturated rings. The first-order valence-corrected chi connectivity index (χ1v) is 8.08. The van der Waals surface area contributed by atoms with E-state index in [0.29, 0.717) is 5.41 Å². The van der Waals surface area contributed by atoms with Crippen molar-refractivity contribution in [2.75, 3.05) is 13.6 Å². The molecule has 0 aliphatic heterocycles. The quantitative estimate of drug-likeness (QED) is 0.625. The molecule has 0 unspecified atom stereocenters. The van der Waals surface area contributed by atoms with Gasteiger partial charge in [0, 0.05) is 39.6 Å². The molecule has 21 heavy (non-hydrogen) atoms. The molecule has 2 N–H and O–H groups in total. The van der Waals surface area contributed by atoms with E-state index in [2.05, 4.69) is 52.5 Å². The summed E-state index contributed by atoms with van der Waals surface area (Å²) in [4.78, 5) is 4.34. The fourth-order valence-electron chi connectivity index (χ4n) is 3.34. The van der Waals surface area contributed by atoms with Crippen molar-refractivity contribution in [3.05, 3.63) is 24.0 Å². The molecule has 2 rings (SSSR count). The monoisotopic (exact) mass is 290 g/mol. The number of nitrogens with zero attached hydrogens (tertiary/aromatic N) is 2. The van der Waals surface area contributed by atoms with Gasteiger partial charge in [-0.3, -0.25) is 4.99 Å². The number of aromatic nitrogens is 1. The van der Waals surface area contributed by atoms with E-state index >= 15 is 0 Å². The number of rotatable bonds is 6. The third-order valence-corrected chi connectivity index (χ3v) is 4.46. The van der Waals surface area contributed by atoms with Crippen molar-refractivity contribution in [2.24, 2.45) is 23.4 Å². The second-order valence-electron chi connectivity index (χ2n) is 6.92. The molecule has 0 radical (unpaired) electrons. The van der Waals surface area contributed by atoms with Crippen LogP contribution >= 0.6 is 0 Å². The van der Waals surface area contributed by atoms with Gasteiger partial charge in [0.1, 0.15) is 0 Å². The van der Waals surface area contributed by atoms with Crippen LogP contribution in [0, 0.1) is 11.3 Å². The van der Waals surface area contributed by atoms with Crippen LogP contribution in [-0.4, -0.2) is 24.1 Å². The number of hydrogen-bond donors (Lipinski definition) is 2. The first-order chi connectivity index (χ1) is 10.0. The Morgan fingerprint density at radius 2 is 2.14 bits per heavy atom. The Labute approximate surface area is 129 Å². The summed E-state index contributed by atoms with van der Waals surface area (Å²) in [5.41, 5.74) is 1.78. The maximum atomic E-state index is 4.34. The highest BCUT2D eigenvalue weighted by Crippen LogP contribution is 2.45. The predicted molar refractivity (Wildman–Crippen MR) is 89.4 cm³/mol. The Morgan fingerprint density at radius 3 is 2.62 bits per heavy atom. The van der Waals surface area contributed by atoms with Gasteiger partial charge in [0.2, 0.25) is 0 Å². The van der Waals surface area contributed by atoms with E-state index < -0.39 is 0 Å². The van der Waals surface area contributed by atoms with E-state index in [4.69, 9.17) is 0 Å². The minimum Gasteiger partial charge on any atom is -0.357 e. The van der Waals surface area contributed by atoms with Crippen LogP contribution in [0.3, 0.4) is 0 Å². The van der Waals surface area contributed by atoms with Gasteiger partial charge < -0.3 is 15.2 Å². The van der Waals surface area contributed by atoms with E-state index in [9.17, 15) is 0 Å². The molecule has 0 aromatic carbocycles. The van der Waals surface area contributed by atoms with Crippen LogP contribution < -0.4 is 10.6 Å². The number of aliphatic imine (C=N–C) groups is 1. The SMILES string of the molecule is CN=C(NCc1ccn(C)c1)NCC1(CC(C)C)CCC1. The fraction of sp³-hybridized carbons (Fsp3) is 0.706. The molecule has 0 atom stereocenters. The number of guanidine groups is 1. The lowest BCUT2D eigenvalue weighted by Crippen LogP contribution is -2.46. The van der Waals surface area contributed by atoms with Gasteiger partial charge in [-0.25, -0.2) is 0 Å². The molecule has 0 amide bonds. The molecule has 4 nitrogen and oxygen atoms in total. The summed E-state index contributed by atoms with van der Waals surface area (Å²) in [7, 11) is 3.89. The van der Waals surface area contributed by atoms with Gasteiger partial charge in [-0.2, -0.15) is 0 Å². The molecule has 1 aliphatic carbocycles. The summed E-state index contributed by atoms with van der Waals surface area (Å²) in [5, 5.41) is 6.93. The van der Waals surface area contributed by atoms with Crippen LogP contribution in [0.15, 0.2) is 23.5 Å². The third-order valence-electron chi connectivity index (χ3n) is 4.46. The molecule has 118 valence electrons. The normalized spacial score (nSPS) is 17.7. The van der Waals surface area contributed by atoms with Gasteiger partial charge >= 0.3 is 0 Å². The lowest BCUT2D eigenvalue weighted by atomic mass is 9.64. The summed E-state index contributed by atoms with van der Waals surface area (Å²) in [6.07, 6.45) is 9.60. The Kier molecular flexibility index (Phi) is 5.32. The zero-order chi connectivity index (χ0) is 15.3. The van der Waals surface area contributed by atoms with Crippen molar-refractivity contribution in [1.82, 2.24) is 15.2 Å². The smallest absolute Gasteiger partial charge is 0.191 e. The molecule has 1 heterocycles. The van der Waals surface area contributed by atoms with E-state index in [1.54, 1.807) is 0 Å². The Balaban J connectivity index is 1.79. The van der Waals surface area contributed by atoms with Crippen LogP contribution in [-0.2, 0) is 13.6 Å². The summed E-state index contributed by atoms with van der Waals surface area (Å²) in [5.74, 6) is 1.68. The summed E-state index contributed by atoms with van der Waals surface area (Å²) >= 11 is 0. The summed E-state index contributed by atoms with van der Waals surface area (Å²) in [6.45, 7) is 6.50. The highest BCUT2D eigenvalue weighted by Gasteiger charge is 2.37. The van der Waals surface area contributed by atoms with E-state index in [1.165, 1.54) is 31.2 Å². The van der Waals surface area contributed by atoms with Crippen LogP contribution in [0.25, 0.3) is 0 Å². The average Bonchev–Trinajstić information content (AvgIpc) is 2.81. The van der Waals surface area contributed by atoms with Crippen LogP contribution in [0.4, 0.5) is 0 Å². The highest BCUT2D eigenvalue weighted by atomic mass is 15.2. The van der Waals surface area contributed by atoms with Crippen molar-refractivity contribution >= 4 is 5.96 Å². The lowest BCUT2D eigenvalue weighted by molar-refractivity contribution is 0.104. The predicted octanol–water partition coefficient (Wildman–Crippen LogP) is 2.91. The van der Waals surface area contributed by atoms with E-state index in [-0.39, 0.29) is 0 Å². The van der Waals surface area contributed by atoms with Gasteiger partial charge in [0.05, 0.1) is 0 Å².